The van der Waals surface area contributed by atoms with Crippen molar-refractivity contribution in [2.45, 2.75) is 50.8 Å². The molecule has 2 fully saturated rings. The lowest BCUT2D eigenvalue weighted by Crippen LogP contribution is -3.13. The number of aryl methyl sites for hydroxylation is 2. The van der Waals surface area contributed by atoms with Crippen LogP contribution >= 0.6 is 0 Å². The van der Waals surface area contributed by atoms with E-state index in [1.807, 2.05) is 24.8 Å². The molecule has 0 unspecified atom stereocenters. The summed E-state index contributed by atoms with van der Waals surface area (Å²) in [5, 5.41) is 0. The number of sulfonamides is 1. The average Bonchev–Trinajstić information content (AvgIpc) is 2.66. The molecule has 0 atom stereocenters. The van der Waals surface area contributed by atoms with Crippen LogP contribution in [0.3, 0.4) is 0 Å². The Labute approximate surface area is 169 Å². The SMILES string of the molecule is Cc1ccc(S(=O)(=O)N2CCN(C(=O)C[NH+]3CCCCCCC3)CC2)cc1C. The van der Waals surface area contributed by atoms with Gasteiger partial charge in [0.25, 0.3) is 5.91 Å². The van der Waals surface area contributed by atoms with Crippen LogP contribution in [0.4, 0.5) is 0 Å². The normalized spacial score (nSPS) is 20.6. The highest BCUT2D eigenvalue weighted by atomic mass is 32.2. The number of nitrogens with one attached hydrogen (secondary N) is 1. The van der Waals surface area contributed by atoms with Gasteiger partial charge < -0.3 is 9.80 Å². The van der Waals surface area contributed by atoms with E-state index in [0.717, 1.165) is 24.2 Å². The zero-order chi connectivity index (χ0) is 20.1. The van der Waals surface area contributed by atoms with Crippen molar-refractivity contribution >= 4 is 15.9 Å². The molecule has 1 N–H and O–H groups in total. The fraction of sp³-hybridized carbons (Fsp3) is 0.667. The summed E-state index contributed by atoms with van der Waals surface area (Å²) in [6.45, 7) is 8.31. The van der Waals surface area contributed by atoms with Crippen molar-refractivity contribution < 1.29 is 18.1 Å². The second-order valence-electron chi connectivity index (χ2n) is 8.23. The Morgan fingerprint density at radius 2 is 1.54 bits per heavy atom. The van der Waals surface area contributed by atoms with Crippen molar-refractivity contribution in [1.29, 1.82) is 0 Å². The molecule has 2 aliphatic heterocycles. The summed E-state index contributed by atoms with van der Waals surface area (Å²) in [7, 11) is -3.50. The third kappa shape index (κ3) is 5.13. The molecule has 1 amide bonds. The van der Waals surface area contributed by atoms with Crippen molar-refractivity contribution in [3.8, 4) is 0 Å². The molecule has 3 rings (SSSR count). The fourth-order valence-electron chi connectivity index (χ4n) is 4.11. The zero-order valence-corrected chi connectivity index (χ0v) is 18.1. The van der Waals surface area contributed by atoms with Gasteiger partial charge in [0.2, 0.25) is 10.0 Å². The third-order valence-electron chi connectivity index (χ3n) is 6.17. The van der Waals surface area contributed by atoms with Crippen molar-refractivity contribution in [1.82, 2.24) is 9.21 Å². The van der Waals surface area contributed by atoms with Gasteiger partial charge in [0.15, 0.2) is 6.54 Å². The van der Waals surface area contributed by atoms with E-state index in [1.54, 1.807) is 12.1 Å². The first kappa shape index (κ1) is 21.3. The first-order chi connectivity index (χ1) is 13.4. The summed E-state index contributed by atoms with van der Waals surface area (Å²) in [4.78, 5) is 16.3. The molecule has 0 saturated carbocycles. The molecule has 156 valence electrons. The van der Waals surface area contributed by atoms with Gasteiger partial charge in [-0.1, -0.05) is 12.5 Å². The fourth-order valence-corrected chi connectivity index (χ4v) is 5.62. The smallest absolute Gasteiger partial charge is 0.277 e. The molecule has 6 nitrogen and oxygen atoms in total. The molecule has 1 aromatic rings. The number of carbonyl (C=O) groups excluding carboxylic acids is 1. The van der Waals surface area contributed by atoms with Crippen LogP contribution in [0.5, 0.6) is 0 Å². The van der Waals surface area contributed by atoms with Gasteiger partial charge >= 0.3 is 0 Å². The summed E-state index contributed by atoms with van der Waals surface area (Å²) in [6.07, 6.45) is 6.26. The van der Waals surface area contributed by atoms with Crippen LogP contribution in [-0.2, 0) is 14.8 Å². The summed E-state index contributed by atoms with van der Waals surface area (Å²) in [5.74, 6) is 0.166. The summed E-state index contributed by atoms with van der Waals surface area (Å²) in [5.41, 5.74) is 2.06. The monoisotopic (exact) mass is 408 g/mol. The Morgan fingerprint density at radius 1 is 0.929 bits per heavy atom. The molecule has 1 aromatic carbocycles. The van der Waals surface area contributed by atoms with E-state index >= 15 is 0 Å². The van der Waals surface area contributed by atoms with E-state index in [9.17, 15) is 13.2 Å². The van der Waals surface area contributed by atoms with Crippen LogP contribution in [0.2, 0.25) is 0 Å². The van der Waals surface area contributed by atoms with Gasteiger partial charge in [0, 0.05) is 26.2 Å². The number of hydrogen-bond acceptors (Lipinski definition) is 3. The number of benzene rings is 1. The first-order valence-electron chi connectivity index (χ1n) is 10.6. The predicted octanol–water partition coefficient (Wildman–Crippen LogP) is 0.985. The van der Waals surface area contributed by atoms with Crippen LogP contribution < -0.4 is 4.90 Å². The van der Waals surface area contributed by atoms with E-state index in [4.69, 9.17) is 0 Å². The molecule has 7 heteroatoms. The van der Waals surface area contributed by atoms with Gasteiger partial charge in [0.05, 0.1) is 18.0 Å². The van der Waals surface area contributed by atoms with Crippen LogP contribution in [-0.4, -0.2) is 69.3 Å². The van der Waals surface area contributed by atoms with Crippen molar-refractivity contribution in [2.24, 2.45) is 0 Å². The van der Waals surface area contributed by atoms with Gasteiger partial charge in [-0.2, -0.15) is 4.31 Å². The van der Waals surface area contributed by atoms with E-state index in [-0.39, 0.29) is 5.91 Å². The summed E-state index contributed by atoms with van der Waals surface area (Å²) >= 11 is 0. The molecule has 28 heavy (non-hydrogen) atoms. The Hall–Kier alpha value is -1.44. The second-order valence-corrected chi connectivity index (χ2v) is 10.2. The highest BCUT2D eigenvalue weighted by Crippen LogP contribution is 2.20. The summed E-state index contributed by atoms with van der Waals surface area (Å²) < 4.78 is 27.4. The Balaban J connectivity index is 1.55. The highest BCUT2D eigenvalue weighted by molar-refractivity contribution is 7.89. The lowest BCUT2D eigenvalue weighted by atomic mass is 10.1. The minimum atomic E-state index is -3.50. The Bertz CT molecular complexity index is 778. The molecule has 2 heterocycles. The molecule has 0 aliphatic carbocycles. The molecular formula is C21H34N3O3S+. The largest absolute Gasteiger partial charge is 0.335 e. The standard InChI is InChI=1S/C21H33N3O3S/c1-18-8-9-20(16-19(18)2)28(26,27)24-14-12-23(13-15-24)21(25)17-22-10-6-4-3-5-7-11-22/h8-9,16H,3-7,10-15,17H2,1-2H3/p+1. The third-order valence-corrected chi connectivity index (χ3v) is 8.06. The Kier molecular flexibility index (Phi) is 7.12. The maximum atomic E-state index is 12.9. The number of amides is 1. The quantitative estimate of drug-likeness (QED) is 0.808. The molecular weight excluding hydrogens is 374 g/mol. The zero-order valence-electron chi connectivity index (χ0n) is 17.2. The number of carbonyl (C=O) groups is 1. The number of piperazine rings is 1. The number of quaternary nitrogens is 1. The van der Waals surface area contributed by atoms with Crippen LogP contribution in [0.15, 0.2) is 23.1 Å². The Morgan fingerprint density at radius 3 is 2.14 bits per heavy atom. The lowest BCUT2D eigenvalue weighted by Gasteiger charge is -2.34. The van der Waals surface area contributed by atoms with E-state index in [1.165, 1.54) is 41.3 Å². The molecule has 2 aliphatic rings. The number of hydrogen-bond donors (Lipinski definition) is 1. The maximum absolute atomic E-state index is 12.9. The number of likely N-dealkylation sites (tertiary alicyclic amines) is 1. The van der Waals surface area contributed by atoms with Gasteiger partial charge in [-0.25, -0.2) is 8.42 Å². The van der Waals surface area contributed by atoms with E-state index < -0.39 is 10.0 Å². The van der Waals surface area contributed by atoms with E-state index in [0.29, 0.717) is 37.6 Å². The van der Waals surface area contributed by atoms with Crippen LogP contribution in [0.1, 0.15) is 43.2 Å². The lowest BCUT2D eigenvalue weighted by molar-refractivity contribution is -0.893. The number of nitrogens with zero attached hydrogens (tertiary/aromatic N) is 2. The van der Waals surface area contributed by atoms with E-state index in [2.05, 4.69) is 0 Å². The minimum absolute atomic E-state index is 0.166. The number of rotatable bonds is 4. The molecule has 0 radical (unpaired) electrons. The van der Waals surface area contributed by atoms with Gasteiger partial charge in [-0.3, -0.25) is 4.79 Å². The predicted molar refractivity (Wildman–Crippen MR) is 110 cm³/mol. The minimum Gasteiger partial charge on any atom is -0.335 e. The molecule has 0 bridgehead atoms. The van der Waals surface area contributed by atoms with Crippen LogP contribution in [0, 0.1) is 13.8 Å². The topological polar surface area (TPSA) is 62.1 Å². The molecule has 2 saturated heterocycles. The molecule has 0 aromatic heterocycles. The van der Waals surface area contributed by atoms with Gasteiger partial charge in [-0.05, 0) is 62.8 Å². The first-order valence-corrected chi connectivity index (χ1v) is 12.0. The molecule has 0 spiro atoms. The maximum Gasteiger partial charge on any atom is 0.277 e. The van der Waals surface area contributed by atoms with Crippen LogP contribution in [0.25, 0.3) is 0 Å². The van der Waals surface area contributed by atoms with Gasteiger partial charge in [-0.15, -0.1) is 0 Å². The van der Waals surface area contributed by atoms with Gasteiger partial charge in [0.1, 0.15) is 0 Å². The average molecular weight is 409 g/mol. The van der Waals surface area contributed by atoms with Crippen molar-refractivity contribution in [3.63, 3.8) is 0 Å². The highest BCUT2D eigenvalue weighted by Gasteiger charge is 2.31. The van der Waals surface area contributed by atoms with Crippen molar-refractivity contribution in [3.05, 3.63) is 29.3 Å². The van der Waals surface area contributed by atoms with Crippen molar-refractivity contribution in [2.75, 3.05) is 45.8 Å². The second kappa shape index (κ2) is 9.37. The summed E-state index contributed by atoms with van der Waals surface area (Å²) in [6, 6.07) is 5.28.